The Morgan fingerprint density at radius 2 is 1.77 bits per heavy atom. The van der Waals surface area contributed by atoms with Crippen LogP contribution in [0, 0.1) is 0 Å². The van der Waals surface area contributed by atoms with Crippen LogP contribution in [0.5, 0.6) is 11.5 Å². The van der Waals surface area contributed by atoms with Crippen molar-refractivity contribution in [3.05, 3.63) is 23.3 Å². The van der Waals surface area contributed by atoms with E-state index in [1.54, 1.807) is 6.07 Å². The molecule has 0 bridgehead atoms. The molecule has 0 atom stereocenters. The third kappa shape index (κ3) is 3.90. The van der Waals surface area contributed by atoms with E-state index in [0.29, 0.717) is 11.5 Å². The van der Waals surface area contributed by atoms with Crippen LogP contribution in [0.25, 0.3) is 0 Å². The molecule has 122 valence electrons. The maximum absolute atomic E-state index is 11.4. The molecule has 0 unspecified atom stereocenters. The first-order valence-electron chi connectivity index (χ1n) is 7.32. The summed E-state index contributed by atoms with van der Waals surface area (Å²) in [5, 5.41) is 9.32. The number of hydrogen-bond acceptors (Lipinski definition) is 5. The summed E-state index contributed by atoms with van der Waals surface area (Å²) in [5.41, 5.74) is 1.07. The number of carbonyl (C=O) groups is 1. The fourth-order valence-corrected chi connectivity index (χ4v) is 2.79. The number of carboxylic acids is 1. The molecule has 1 saturated carbocycles. The summed E-state index contributed by atoms with van der Waals surface area (Å²) >= 11 is 0. The van der Waals surface area contributed by atoms with Gasteiger partial charge in [0.2, 0.25) is 0 Å². The van der Waals surface area contributed by atoms with Gasteiger partial charge in [-0.05, 0) is 30.9 Å². The molecule has 22 heavy (non-hydrogen) atoms. The smallest absolute Gasteiger partial charge is 0.335 e. The van der Waals surface area contributed by atoms with Crippen molar-refractivity contribution >= 4 is 5.97 Å². The van der Waals surface area contributed by atoms with Crippen LogP contribution in [0.4, 0.5) is 0 Å². The molecular weight excluding hydrogens is 288 g/mol. The van der Waals surface area contributed by atoms with E-state index in [4.69, 9.17) is 18.9 Å². The molecule has 1 aromatic rings. The third-order valence-corrected chi connectivity index (χ3v) is 3.78. The van der Waals surface area contributed by atoms with E-state index in [2.05, 4.69) is 0 Å². The number of ether oxygens (including phenoxy) is 4. The predicted molar refractivity (Wildman–Crippen MR) is 79.6 cm³/mol. The van der Waals surface area contributed by atoms with Crippen molar-refractivity contribution in [3.8, 4) is 11.5 Å². The Morgan fingerprint density at radius 3 is 2.36 bits per heavy atom. The lowest BCUT2D eigenvalue weighted by Crippen LogP contribution is -2.10. The van der Waals surface area contributed by atoms with Crippen molar-refractivity contribution in [2.75, 3.05) is 27.8 Å². The lowest BCUT2D eigenvalue weighted by molar-refractivity contribution is 0.0313. The maximum atomic E-state index is 11.4. The largest absolute Gasteiger partial charge is 0.478 e. The maximum Gasteiger partial charge on any atom is 0.335 e. The Balaban J connectivity index is 2.44. The first-order valence-corrected chi connectivity index (χ1v) is 7.32. The van der Waals surface area contributed by atoms with Crippen LogP contribution in [0.1, 0.15) is 47.5 Å². The third-order valence-electron chi connectivity index (χ3n) is 3.78. The average molecular weight is 310 g/mol. The molecule has 0 amide bonds. The molecule has 1 aliphatic carbocycles. The molecule has 0 saturated heterocycles. The summed E-state index contributed by atoms with van der Waals surface area (Å²) in [5.74, 6) is 0.229. The Kier molecular flexibility index (Phi) is 6.03. The zero-order valence-electron chi connectivity index (χ0n) is 13.0. The number of methoxy groups -OCH3 is 2. The van der Waals surface area contributed by atoms with Gasteiger partial charge in [-0.2, -0.15) is 0 Å². The minimum atomic E-state index is -0.986. The van der Waals surface area contributed by atoms with Crippen molar-refractivity contribution in [1.29, 1.82) is 0 Å². The van der Waals surface area contributed by atoms with Crippen molar-refractivity contribution < 1.29 is 28.8 Å². The second-order valence-electron chi connectivity index (χ2n) is 5.28. The van der Waals surface area contributed by atoms with E-state index in [9.17, 15) is 9.90 Å². The molecule has 1 fully saturated rings. The molecule has 0 radical (unpaired) electrons. The fourth-order valence-electron chi connectivity index (χ4n) is 2.79. The Bertz CT molecular complexity index is 508. The number of aromatic carboxylic acids is 1. The van der Waals surface area contributed by atoms with Gasteiger partial charge in [-0.3, -0.25) is 0 Å². The Labute approximate surface area is 129 Å². The Morgan fingerprint density at radius 1 is 1.14 bits per heavy atom. The molecule has 1 aliphatic rings. The van der Waals surface area contributed by atoms with E-state index in [0.717, 1.165) is 31.2 Å². The summed E-state index contributed by atoms with van der Waals surface area (Å²) in [7, 11) is 3.05. The van der Waals surface area contributed by atoms with Crippen LogP contribution in [0.3, 0.4) is 0 Å². The van der Waals surface area contributed by atoms with E-state index >= 15 is 0 Å². The van der Waals surface area contributed by atoms with Crippen LogP contribution >= 0.6 is 0 Å². The van der Waals surface area contributed by atoms with Crippen LogP contribution < -0.4 is 9.47 Å². The second-order valence-corrected chi connectivity index (χ2v) is 5.28. The normalized spacial score (nSPS) is 15.0. The summed E-state index contributed by atoms with van der Waals surface area (Å²) in [6.07, 6.45) is 4.33. The number of rotatable bonds is 8. The predicted octanol–water partition coefficient (Wildman–Crippen LogP) is 3.01. The Hall–Kier alpha value is -1.79. The monoisotopic (exact) mass is 310 g/mol. The highest BCUT2D eigenvalue weighted by Crippen LogP contribution is 2.43. The van der Waals surface area contributed by atoms with Crippen molar-refractivity contribution in [3.63, 3.8) is 0 Å². The molecule has 1 aromatic carbocycles. The number of hydrogen-bond donors (Lipinski definition) is 1. The first-order chi connectivity index (χ1) is 10.7. The zero-order valence-corrected chi connectivity index (χ0v) is 13.0. The van der Waals surface area contributed by atoms with Gasteiger partial charge < -0.3 is 24.1 Å². The van der Waals surface area contributed by atoms with Gasteiger partial charge in [-0.25, -0.2) is 4.79 Å². The molecular formula is C16H22O6. The lowest BCUT2D eigenvalue weighted by atomic mass is 9.94. The summed E-state index contributed by atoms with van der Waals surface area (Å²) in [4.78, 5) is 11.4. The fraction of sp³-hybridized carbons (Fsp3) is 0.562. The minimum absolute atomic E-state index is 0.0243. The van der Waals surface area contributed by atoms with Gasteiger partial charge in [0.05, 0.1) is 5.56 Å². The van der Waals surface area contributed by atoms with Gasteiger partial charge in [-0.1, -0.05) is 12.8 Å². The van der Waals surface area contributed by atoms with Gasteiger partial charge >= 0.3 is 5.97 Å². The minimum Gasteiger partial charge on any atom is -0.478 e. The number of benzene rings is 1. The van der Waals surface area contributed by atoms with Crippen LogP contribution in [-0.4, -0.2) is 38.9 Å². The van der Waals surface area contributed by atoms with Crippen molar-refractivity contribution in [1.82, 2.24) is 0 Å². The van der Waals surface area contributed by atoms with Gasteiger partial charge in [0, 0.05) is 19.8 Å². The topological polar surface area (TPSA) is 74.2 Å². The zero-order chi connectivity index (χ0) is 15.9. The average Bonchev–Trinajstić information content (AvgIpc) is 3.04. The van der Waals surface area contributed by atoms with E-state index in [1.165, 1.54) is 20.3 Å². The molecule has 6 nitrogen and oxygen atoms in total. The highest BCUT2D eigenvalue weighted by Gasteiger charge is 2.25. The van der Waals surface area contributed by atoms with Crippen LogP contribution in [-0.2, 0) is 9.47 Å². The van der Waals surface area contributed by atoms with Crippen molar-refractivity contribution in [2.24, 2.45) is 0 Å². The van der Waals surface area contributed by atoms with Crippen LogP contribution in [0.15, 0.2) is 12.1 Å². The molecule has 0 aromatic heterocycles. The standard InChI is InChI=1S/C16H22O6/c1-19-9-21-14-8-12(16(17)18)7-13(11-5-3-4-6-11)15(14)22-10-20-2/h7-8,11H,3-6,9-10H2,1-2H3,(H,17,18). The molecule has 6 heteroatoms. The van der Waals surface area contributed by atoms with Gasteiger partial charge in [-0.15, -0.1) is 0 Å². The molecule has 0 aliphatic heterocycles. The lowest BCUT2D eigenvalue weighted by Gasteiger charge is -2.20. The summed E-state index contributed by atoms with van der Waals surface area (Å²) < 4.78 is 21.1. The quantitative estimate of drug-likeness (QED) is 0.744. The summed E-state index contributed by atoms with van der Waals surface area (Å²) in [6.45, 7) is 0.103. The van der Waals surface area contributed by atoms with Crippen molar-refractivity contribution in [2.45, 2.75) is 31.6 Å². The molecule has 2 rings (SSSR count). The first kappa shape index (κ1) is 16.6. The van der Waals surface area contributed by atoms with E-state index in [-0.39, 0.29) is 25.1 Å². The highest BCUT2D eigenvalue weighted by molar-refractivity contribution is 5.89. The van der Waals surface area contributed by atoms with E-state index in [1.807, 2.05) is 0 Å². The summed E-state index contributed by atoms with van der Waals surface area (Å²) in [6, 6.07) is 3.15. The molecule has 0 spiro atoms. The second kappa shape index (κ2) is 8.00. The molecule has 1 N–H and O–H groups in total. The van der Waals surface area contributed by atoms with Gasteiger partial charge in [0.25, 0.3) is 0 Å². The number of carboxylic acid groups (broad SMARTS) is 1. The molecule has 0 heterocycles. The van der Waals surface area contributed by atoms with Crippen LogP contribution in [0.2, 0.25) is 0 Å². The highest BCUT2D eigenvalue weighted by atomic mass is 16.7. The van der Waals surface area contributed by atoms with Gasteiger partial charge in [0.15, 0.2) is 25.1 Å². The van der Waals surface area contributed by atoms with Gasteiger partial charge in [0.1, 0.15) is 0 Å². The van der Waals surface area contributed by atoms with E-state index < -0.39 is 5.97 Å². The SMILES string of the molecule is COCOc1cc(C(=O)O)cc(C2CCCC2)c1OCOC.